The average Bonchev–Trinajstić information content (AvgIpc) is 2.35. The quantitative estimate of drug-likeness (QED) is 0.794. The molecule has 2 rings (SSSR count). The summed E-state index contributed by atoms with van der Waals surface area (Å²) in [5, 5.41) is 2.83. The fourth-order valence-corrected chi connectivity index (χ4v) is 1.61. The first-order valence-corrected chi connectivity index (χ1v) is 5.66. The van der Waals surface area contributed by atoms with Crippen LogP contribution in [-0.2, 0) is 0 Å². The van der Waals surface area contributed by atoms with Crippen molar-refractivity contribution in [1.82, 2.24) is 4.98 Å². The number of carbonyl (C=O) groups is 1. The Kier molecular flexibility index (Phi) is 3.28. The third kappa shape index (κ3) is 2.48. The van der Waals surface area contributed by atoms with E-state index in [1.165, 1.54) is 0 Å². The molecular weight excluding hydrogens is 226 g/mol. The number of nitrogens with two attached hydrogens (primary N) is 1. The maximum atomic E-state index is 12.1. The van der Waals surface area contributed by atoms with Crippen LogP contribution < -0.4 is 11.1 Å². The Morgan fingerprint density at radius 3 is 2.67 bits per heavy atom. The fourth-order valence-electron chi connectivity index (χ4n) is 1.61. The molecule has 0 bridgehead atoms. The SMILES string of the molecule is Cc1cc(C(=O)Nc2cnccc2C)ccc1N. The summed E-state index contributed by atoms with van der Waals surface area (Å²) in [4.78, 5) is 16.0. The highest BCUT2D eigenvalue weighted by molar-refractivity contribution is 6.04. The van der Waals surface area contributed by atoms with E-state index in [0.29, 0.717) is 11.3 Å². The van der Waals surface area contributed by atoms with Crippen LogP contribution >= 0.6 is 0 Å². The summed E-state index contributed by atoms with van der Waals surface area (Å²) in [5.41, 5.74) is 9.59. The molecule has 0 unspecified atom stereocenters. The maximum absolute atomic E-state index is 12.1. The third-order valence-electron chi connectivity index (χ3n) is 2.82. The fraction of sp³-hybridized carbons (Fsp3) is 0.143. The van der Waals surface area contributed by atoms with Crippen LogP contribution in [0.5, 0.6) is 0 Å². The number of aromatic nitrogens is 1. The van der Waals surface area contributed by atoms with E-state index in [0.717, 1.165) is 16.8 Å². The van der Waals surface area contributed by atoms with Crippen LogP contribution in [0.15, 0.2) is 36.7 Å². The largest absolute Gasteiger partial charge is 0.399 e. The first kappa shape index (κ1) is 12.1. The zero-order valence-corrected chi connectivity index (χ0v) is 10.4. The Morgan fingerprint density at radius 2 is 2.00 bits per heavy atom. The number of nitrogen functional groups attached to an aromatic ring is 1. The van der Waals surface area contributed by atoms with Gasteiger partial charge in [0.25, 0.3) is 5.91 Å². The molecule has 1 aromatic heterocycles. The van der Waals surface area contributed by atoms with Gasteiger partial charge in [-0.05, 0) is 49.2 Å². The number of nitrogens with one attached hydrogen (secondary N) is 1. The summed E-state index contributed by atoms with van der Waals surface area (Å²) in [5.74, 6) is -0.158. The monoisotopic (exact) mass is 241 g/mol. The lowest BCUT2D eigenvalue weighted by molar-refractivity contribution is 0.102. The van der Waals surface area contributed by atoms with E-state index in [9.17, 15) is 4.79 Å². The van der Waals surface area contributed by atoms with E-state index >= 15 is 0 Å². The summed E-state index contributed by atoms with van der Waals surface area (Å²) in [7, 11) is 0. The number of hydrogen-bond acceptors (Lipinski definition) is 3. The molecule has 0 aliphatic rings. The number of rotatable bonds is 2. The minimum Gasteiger partial charge on any atom is -0.399 e. The summed E-state index contributed by atoms with van der Waals surface area (Å²) in [6, 6.07) is 7.07. The second-order valence-electron chi connectivity index (χ2n) is 4.22. The summed E-state index contributed by atoms with van der Waals surface area (Å²) in [6.45, 7) is 3.80. The molecule has 2 aromatic rings. The van der Waals surface area contributed by atoms with Gasteiger partial charge in [-0.25, -0.2) is 0 Å². The van der Waals surface area contributed by atoms with Crippen molar-refractivity contribution < 1.29 is 4.79 Å². The summed E-state index contributed by atoms with van der Waals surface area (Å²) >= 11 is 0. The van der Waals surface area contributed by atoms with Gasteiger partial charge in [0.2, 0.25) is 0 Å². The molecule has 0 atom stereocenters. The number of aryl methyl sites for hydroxylation is 2. The summed E-state index contributed by atoms with van der Waals surface area (Å²) < 4.78 is 0. The number of hydrogen-bond donors (Lipinski definition) is 2. The molecule has 0 aliphatic heterocycles. The molecule has 0 spiro atoms. The van der Waals surface area contributed by atoms with Gasteiger partial charge in [0, 0.05) is 17.4 Å². The van der Waals surface area contributed by atoms with Gasteiger partial charge in [0.1, 0.15) is 0 Å². The average molecular weight is 241 g/mol. The smallest absolute Gasteiger partial charge is 0.255 e. The highest BCUT2D eigenvalue weighted by atomic mass is 16.1. The van der Waals surface area contributed by atoms with Crippen LogP contribution in [-0.4, -0.2) is 10.9 Å². The van der Waals surface area contributed by atoms with Gasteiger partial charge in [0.05, 0.1) is 11.9 Å². The normalized spacial score (nSPS) is 10.1. The third-order valence-corrected chi connectivity index (χ3v) is 2.82. The molecule has 1 aromatic carbocycles. The van der Waals surface area contributed by atoms with E-state index in [4.69, 9.17) is 5.73 Å². The second-order valence-corrected chi connectivity index (χ2v) is 4.22. The molecule has 3 N–H and O–H groups in total. The Hall–Kier alpha value is -2.36. The predicted molar refractivity (Wildman–Crippen MR) is 72.5 cm³/mol. The number of carbonyl (C=O) groups excluding carboxylic acids is 1. The number of amides is 1. The molecule has 92 valence electrons. The molecule has 18 heavy (non-hydrogen) atoms. The van der Waals surface area contributed by atoms with Crippen LogP contribution in [0.3, 0.4) is 0 Å². The van der Waals surface area contributed by atoms with Crippen molar-refractivity contribution in [2.75, 3.05) is 11.1 Å². The van der Waals surface area contributed by atoms with E-state index in [1.807, 2.05) is 19.9 Å². The molecule has 4 nitrogen and oxygen atoms in total. The molecule has 0 radical (unpaired) electrons. The van der Waals surface area contributed by atoms with Crippen molar-refractivity contribution in [1.29, 1.82) is 0 Å². The Morgan fingerprint density at radius 1 is 1.22 bits per heavy atom. The zero-order chi connectivity index (χ0) is 13.1. The molecule has 0 saturated carbocycles. The molecule has 1 heterocycles. The van der Waals surface area contributed by atoms with Gasteiger partial charge < -0.3 is 11.1 Å². The number of anilines is 2. The Bertz CT molecular complexity index is 593. The first-order valence-electron chi connectivity index (χ1n) is 5.66. The van der Waals surface area contributed by atoms with Crippen molar-refractivity contribution in [3.8, 4) is 0 Å². The van der Waals surface area contributed by atoms with Gasteiger partial charge >= 0.3 is 0 Å². The molecule has 0 fully saturated rings. The van der Waals surface area contributed by atoms with Crippen molar-refractivity contribution in [3.05, 3.63) is 53.3 Å². The highest BCUT2D eigenvalue weighted by Crippen LogP contribution is 2.16. The first-order chi connectivity index (χ1) is 8.58. The van der Waals surface area contributed by atoms with Crippen LogP contribution in [0, 0.1) is 13.8 Å². The topological polar surface area (TPSA) is 68.0 Å². The molecule has 1 amide bonds. The lowest BCUT2D eigenvalue weighted by Crippen LogP contribution is -2.13. The van der Waals surface area contributed by atoms with Crippen LogP contribution in [0.4, 0.5) is 11.4 Å². The second kappa shape index (κ2) is 4.87. The van der Waals surface area contributed by atoms with Crippen molar-refractivity contribution in [2.45, 2.75) is 13.8 Å². The van der Waals surface area contributed by atoms with E-state index in [2.05, 4.69) is 10.3 Å². The number of nitrogens with zero attached hydrogens (tertiary/aromatic N) is 1. The van der Waals surface area contributed by atoms with Crippen LogP contribution in [0.1, 0.15) is 21.5 Å². The van der Waals surface area contributed by atoms with Gasteiger partial charge in [-0.3, -0.25) is 9.78 Å². The molecule has 0 saturated heterocycles. The standard InChI is InChI=1S/C14H15N3O/c1-9-5-6-16-8-13(9)17-14(18)11-3-4-12(15)10(2)7-11/h3-8H,15H2,1-2H3,(H,17,18). The highest BCUT2D eigenvalue weighted by Gasteiger charge is 2.08. The molecule has 0 aliphatic carbocycles. The predicted octanol–water partition coefficient (Wildman–Crippen LogP) is 2.53. The minimum atomic E-state index is -0.158. The molecular formula is C14H15N3O. The van der Waals surface area contributed by atoms with Crippen molar-refractivity contribution in [3.63, 3.8) is 0 Å². The Balaban J connectivity index is 2.22. The molecule has 4 heteroatoms. The minimum absolute atomic E-state index is 0.158. The summed E-state index contributed by atoms with van der Waals surface area (Å²) in [6.07, 6.45) is 3.33. The van der Waals surface area contributed by atoms with Crippen LogP contribution in [0.2, 0.25) is 0 Å². The zero-order valence-electron chi connectivity index (χ0n) is 10.4. The maximum Gasteiger partial charge on any atom is 0.255 e. The van der Waals surface area contributed by atoms with Crippen LogP contribution in [0.25, 0.3) is 0 Å². The van der Waals surface area contributed by atoms with Gasteiger partial charge in [-0.15, -0.1) is 0 Å². The van der Waals surface area contributed by atoms with E-state index in [-0.39, 0.29) is 5.91 Å². The van der Waals surface area contributed by atoms with Crippen molar-refractivity contribution >= 4 is 17.3 Å². The van der Waals surface area contributed by atoms with Gasteiger partial charge in [0.15, 0.2) is 0 Å². The number of pyridine rings is 1. The lowest BCUT2D eigenvalue weighted by Gasteiger charge is -2.08. The van der Waals surface area contributed by atoms with E-state index in [1.54, 1.807) is 30.6 Å². The Labute approximate surface area is 106 Å². The van der Waals surface area contributed by atoms with Gasteiger partial charge in [-0.2, -0.15) is 0 Å². The van der Waals surface area contributed by atoms with E-state index < -0.39 is 0 Å². The lowest BCUT2D eigenvalue weighted by atomic mass is 10.1. The number of benzene rings is 1. The van der Waals surface area contributed by atoms with Gasteiger partial charge in [-0.1, -0.05) is 0 Å². The van der Waals surface area contributed by atoms with Crippen molar-refractivity contribution in [2.24, 2.45) is 0 Å².